The summed E-state index contributed by atoms with van der Waals surface area (Å²) in [6.45, 7) is 0. The third-order valence-electron chi connectivity index (χ3n) is 4.87. The number of nitrogens with one attached hydrogen (secondary N) is 2. The summed E-state index contributed by atoms with van der Waals surface area (Å²) in [6, 6.07) is 9.78. The molecule has 162 valence electrons. The molecule has 0 bridgehead atoms. The topological polar surface area (TPSA) is 59.0 Å². The van der Waals surface area contributed by atoms with Crippen LogP contribution in [0.1, 0.15) is 34.6 Å². The molecule has 1 amide bonds. The SMILES string of the molecule is O=C(Nc1ccc(Cl)c(Cl)c1)c1cc2n(n1)[C@H](C(F)(F)F)C[C@@H](c1ccc(Cl)cc1)N2. The molecule has 1 aliphatic rings. The smallest absolute Gasteiger partial charge is 0.363 e. The highest BCUT2D eigenvalue weighted by Crippen LogP contribution is 2.43. The van der Waals surface area contributed by atoms with E-state index in [1.807, 2.05) is 0 Å². The Morgan fingerprint density at radius 2 is 1.77 bits per heavy atom. The standard InChI is InChI=1S/C20H14Cl3F3N4O/c21-11-3-1-10(2-4-11)15-8-17(20(24,25)26)30-18(28-15)9-16(29-30)19(31)27-12-5-6-13(22)14(23)7-12/h1-7,9,15,17,28H,8H2,(H,27,31)/t15-,17-/m0/s1. The summed E-state index contributed by atoms with van der Waals surface area (Å²) in [5, 5.41) is 10.5. The highest BCUT2D eigenvalue weighted by molar-refractivity contribution is 6.42. The van der Waals surface area contributed by atoms with Crippen molar-refractivity contribution < 1.29 is 18.0 Å². The van der Waals surface area contributed by atoms with E-state index >= 15 is 0 Å². The molecule has 2 atom stereocenters. The number of carbonyl (C=O) groups is 1. The van der Waals surface area contributed by atoms with Gasteiger partial charge in [-0.05, 0) is 35.9 Å². The number of amides is 1. The van der Waals surface area contributed by atoms with Crippen LogP contribution in [-0.2, 0) is 0 Å². The van der Waals surface area contributed by atoms with Crippen molar-refractivity contribution in [2.24, 2.45) is 0 Å². The van der Waals surface area contributed by atoms with E-state index in [1.54, 1.807) is 24.3 Å². The molecule has 0 radical (unpaired) electrons. The van der Waals surface area contributed by atoms with Crippen LogP contribution in [0.4, 0.5) is 24.7 Å². The highest BCUT2D eigenvalue weighted by Gasteiger charge is 2.46. The van der Waals surface area contributed by atoms with Crippen molar-refractivity contribution in [1.82, 2.24) is 9.78 Å². The summed E-state index contributed by atoms with van der Waals surface area (Å²) in [5.74, 6) is -0.584. The van der Waals surface area contributed by atoms with E-state index < -0.39 is 24.2 Å². The Morgan fingerprint density at radius 3 is 2.42 bits per heavy atom. The first-order valence-corrected chi connectivity index (χ1v) is 10.2. The van der Waals surface area contributed by atoms with Gasteiger partial charge in [-0.3, -0.25) is 4.79 Å². The minimum absolute atomic E-state index is 0.0906. The average Bonchev–Trinajstić information content (AvgIpc) is 3.14. The molecule has 2 heterocycles. The molecule has 0 spiro atoms. The molecule has 0 saturated heterocycles. The fraction of sp³-hybridized carbons (Fsp3) is 0.200. The predicted molar refractivity (Wildman–Crippen MR) is 114 cm³/mol. The number of halogens is 6. The van der Waals surface area contributed by atoms with Gasteiger partial charge < -0.3 is 10.6 Å². The van der Waals surface area contributed by atoms with Crippen LogP contribution < -0.4 is 10.6 Å². The lowest BCUT2D eigenvalue weighted by Crippen LogP contribution is -2.35. The van der Waals surface area contributed by atoms with Crippen LogP contribution in [0.2, 0.25) is 15.1 Å². The van der Waals surface area contributed by atoms with Crippen molar-refractivity contribution in [3.8, 4) is 0 Å². The fourth-order valence-corrected chi connectivity index (χ4v) is 3.79. The normalized spacial score (nSPS) is 18.3. The van der Waals surface area contributed by atoms with Gasteiger partial charge in [0.1, 0.15) is 5.82 Å². The molecule has 0 saturated carbocycles. The van der Waals surface area contributed by atoms with Crippen LogP contribution in [-0.4, -0.2) is 21.9 Å². The van der Waals surface area contributed by atoms with Crippen LogP contribution in [0.25, 0.3) is 0 Å². The second kappa shape index (κ2) is 8.26. The number of anilines is 2. The number of hydrogen-bond acceptors (Lipinski definition) is 3. The summed E-state index contributed by atoms with van der Waals surface area (Å²) in [4.78, 5) is 12.6. The van der Waals surface area contributed by atoms with Crippen molar-refractivity contribution in [2.45, 2.75) is 24.7 Å². The third kappa shape index (κ3) is 4.61. The number of benzene rings is 2. The zero-order chi connectivity index (χ0) is 22.3. The summed E-state index contributed by atoms with van der Waals surface area (Å²) in [7, 11) is 0. The first-order valence-electron chi connectivity index (χ1n) is 9.06. The quantitative estimate of drug-likeness (QED) is 0.427. The predicted octanol–water partition coefficient (Wildman–Crippen LogP) is 6.76. The van der Waals surface area contributed by atoms with Crippen LogP contribution in [0.3, 0.4) is 0 Å². The van der Waals surface area contributed by atoms with Gasteiger partial charge in [-0.15, -0.1) is 0 Å². The molecule has 5 nitrogen and oxygen atoms in total. The van der Waals surface area contributed by atoms with E-state index in [-0.39, 0.29) is 23.0 Å². The summed E-state index contributed by atoms with van der Waals surface area (Å²) in [6.07, 6.45) is -4.83. The van der Waals surface area contributed by atoms with Gasteiger partial charge in [0.25, 0.3) is 5.91 Å². The van der Waals surface area contributed by atoms with E-state index in [1.165, 1.54) is 24.3 Å². The van der Waals surface area contributed by atoms with Gasteiger partial charge in [0, 0.05) is 23.2 Å². The van der Waals surface area contributed by atoms with Gasteiger partial charge in [-0.2, -0.15) is 18.3 Å². The van der Waals surface area contributed by atoms with Crippen LogP contribution in [0.15, 0.2) is 48.5 Å². The van der Waals surface area contributed by atoms with E-state index in [9.17, 15) is 18.0 Å². The summed E-state index contributed by atoms with van der Waals surface area (Å²) >= 11 is 17.7. The molecule has 0 fully saturated rings. The van der Waals surface area contributed by atoms with E-state index in [0.29, 0.717) is 21.3 Å². The molecule has 3 aromatic rings. The van der Waals surface area contributed by atoms with Gasteiger partial charge in [-0.25, -0.2) is 4.68 Å². The van der Waals surface area contributed by atoms with E-state index in [0.717, 1.165) is 4.68 Å². The summed E-state index contributed by atoms with van der Waals surface area (Å²) < 4.78 is 42.1. The van der Waals surface area contributed by atoms with Crippen molar-refractivity contribution in [3.63, 3.8) is 0 Å². The Balaban J connectivity index is 1.63. The number of aromatic nitrogens is 2. The Kier molecular flexibility index (Phi) is 5.81. The maximum absolute atomic E-state index is 13.8. The highest BCUT2D eigenvalue weighted by atomic mass is 35.5. The number of fused-ring (bicyclic) bond motifs is 1. The zero-order valence-electron chi connectivity index (χ0n) is 15.6. The van der Waals surface area contributed by atoms with Crippen LogP contribution in [0.5, 0.6) is 0 Å². The largest absolute Gasteiger partial charge is 0.410 e. The first kappa shape index (κ1) is 21.8. The molecule has 4 rings (SSSR count). The molecule has 1 aliphatic heterocycles. The third-order valence-corrected chi connectivity index (χ3v) is 5.86. The van der Waals surface area contributed by atoms with Crippen molar-refractivity contribution in [1.29, 1.82) is 0 Å². The Morgan fingerprint density at radius 1 is 1.06 bits per heavy atom. The van der Waals surface area contributed by atoms with E-state index in [4.69, 9.17) is 34.8 Å². The molecule has 0 unspecified atom stereocenters. The number of carbonyl (C=O) groups excluding carboxylic acids is 1. The fourth-order valence-electron chi connectivity index (χ4n) is 3.37. The molecular formula is C20H14Cl3F3N4O. The molecule has 2 N–H and O–H groups in total. The van der Waals surface area contributed by atoms with Gasteiger partial charge in [-0.1, -0.05) is 46.9 Å². The lowest BCUT2D eigenvalue weighted by atomic mass is 9.97. The lowest BCUT2D eigenvalue weighted by Gasteiger charge is -2.33. The molecule has 11 heteroatoms. The molecule has 2 aromatic carbocycles. The minimum Gasteiger partial charge on any atom is -0.363 e. The number of nitrogens with zero attached hydrogens (tertiary/aromatic N) is 2. The number of rotatable bonds is 3. The van der Waals surface area contributed by atoms with Gasteiger partial charge in [0.2, 0.25) is 0 Å². The molecule has 1 aromatic heterocycles. The Bertz CT molecular complexity index is 1130. The Hall–Kier alpha value is -2.42. The van der Waals surface area contributed by atoms with Crippen LogP contribution in [0, 0.1) is 0 Å². The van der Waals surface area contributed by atoms with E-state index in [2.05, 4.69) is 15.7 Å². The molecule has 31 heavy (non-hydrogen) atoms. The maximum Gasteiger partial charge on any atom is 0.410 e. The monoisotopic (exact) mass is 488 g/mol. The molecule has 0 aliphatic carbocycles. The minimum atomic E-state index is -4.55. The maximum atomic E-state index is 13.8. The van der Waals surface area contributed by atoms with Crippen molar-refractivity contribution in [2.75, 3.05) is 10.6 Å². The Labute approximate surface area is 190 Å². The summed E-state index contributed by atoms with van der Waals surface area (Å²) in [5.41, 5.74) is 0.817. The second-order valence-electron chi connectivity index (χ2n) is 6.98. The number of alkyl halides is 3. The number of hydrogen-bond donors (Lipinski definition) is 2. The second-order valence-corrected chi connectivity index (χ2v) is 8.23. The average molecular weight is 490 g/mol. The zero-order valence-corrected chi connectivity index (χ0v) is 17.8. The first-order chi connectivity index (χ1) is 14.6. The van der Waals surface area contributed by atoms with Gasteiger partial charge in [0.15, 0.2) is 11.7 Å². The van der Waals surface area contributed by atoms with Crippen LogP contribution >= 0.6 is 34.8 Å². The van der Waals surface area contributed by atoms with Crippen molar-refractivity contribution >= 4 is 52.2 Å². The lowest BCUT2D eigenvalue weighted by molar-refractivity contribution is -0.173. The van der Waals surface area contributed by atoms with Crippen molar-refractivity contribution in [3.05, 3.63) is 74.9 Å². The van der Waals surface area contributed by atoms with Gasteiger partial charge in [0.05, 0.1) is 16.1 Å². The molecular weight excluding hydrogens is 476 g/mol. The van der Waals surface area contributed by atoms with Gasteiger partial charge >= 0.3 is 6.18 Å².